The van der Waals surface area contributed by atoms with Crippen molar-refractivity contribution in [3.05, 3.63) is 29.8 Å². The van der Waals surface area contributed by atoms with Gasteiger partial charge in [0.2, 0.25) is 0 Å². The zero-order chi connectivity index (χ0) is 14.5. The Balaban J connectivity index is 2.59. The second-order valence-electron chi connectivity index (χ2n) is 6.03. The molecule has 0 aliphatic carbocycles. The van der Waals surface area contributed by atoms with E-state index in [9.17, 15) is 5.11 Å². The number of aliphatic hydroxyl groups excluding tert-OH is 1. The van der Waals surface area contributed by atoms with Crippen LogP contribution in [0.4, 0.5) is 0 Å². The predicted octanol–water partition coefficient (Wildman–Crippen LogP) is 3.65. The maximum atomic E-state index is 9.55. The first kappa shape index (κ1) is 16.5. The number of hydrogen-bond acceptors (Lipinski definition) is 3. The van der Waals surface area contributed by atoms with Gasteiger partial charge in [0.15, 0.2) is 0 Å². The first-order valence-electron chi connectivity index (χ1n) is 6.97. The summed E-state index contributed by atoms with van der Waals surface area (Å²) in [6.45, 7) is 10.9. The quantitative estimate of drug-likeness (QED) is 0.748. The van der Waals surface area contributed by atoms with E-state index in [1.807, 2.05) is 0 Å². The van der Waals surface area contributed by atoms with Crippen molar-refractivity contribution in [1.29, 1.82) is 0 Å². The van der Waals surface area contributed by atoms with Crippen molar-refractivity contribution in [2.45, 2.75) is 57.0 Å². The Morgan fingerprint density at radius 3 is 2.16 bits per heavy atom. The Labute approximate surface area is 122 Å². The lowest BCUT2D eigenvalue weighted by atomic mass is 10.0. The first-order chi connectivity index (χ1) is 8.86. The van der Waals surface area contributed by atoms with Crippen molar-refractivity contribution < 1.29 is 5.11 Å². The fraction of sp³-hybridized carbons (Fsp3) is 0.625. The van der Waals surface area contributed by atoms with Crippen LogP contribution in [0.15, 0.2) is 29.2 Å². The molecule has 19 heavy (non-hydrogen) atoms. The standard InChI is InChI=1S/C16H27NOS/c1-12(2)14-6-8-15(9-7-14)19-11-16(5,10-18)17-13(3)4/h6-9,12-13,17-18H,10-11H2,1-5H3. The second-order valence-corrected chi connectivity index (χ2v) is 7.08. The lowest BCUT2D eigenvalue weighted by Gasteiger charge is -2.30. The van der Waals surface area contributed by atoms with Crippen LogP contribution in [0.3, 0.4) is 0 Å². The van der Waals surface area contributed by atoms with Gasteiger partial charge in [-0.1, -0.05) is 39.8 Å². The van der Waals surface area contributed by atoms with E-state index in [0.717, 1.165) is 5.75 Å². The average Bonchev–Trinajstić information content (AvgIpc) is 2.36. The molecule has 0 aliphatic rings. The maximum Gasteiger partial charge on any atom is 0.0618 e. The van der Waals surface area contributed by atoms with Gasteiger partial charge in [0, 0.05) is 22.2 Å². The molecule has 0 aromatic heterocycles. The van der Waals surface area contributed by atoms with Crippen LogP contribution in [0.1, 0.15) is 46.1 Å². The summed E-state index contributed by atoms with van der Waals surface area (Å²) in [4.78, 5) is 1.26. The SMILES string of the molecule is CC(C)NC(C)(CO)CSc1ccc(C(C)C)cc1. The molecule has 0 spiro atoms. The summed E-state index contributed by atoms with van der Waals surface area (Å²) in [6, 6.07) is 9.11. The van der Waals surface area contributed by atoms with Gasteiger partial charge in [0.25, 0.3) is 0 Å². The fourth-order valence-corrected chi connectivity index (χ4v) is 3.01. The van der Waals surface area contributed by atoms with Crippen molar-refractivity contribution in [1.82, 2.24) is 5.32 Å². The Morgan fingerprint density at radius 1 is 1.16 bits per heavy atom. The monoisotopic (exact) mass is 281 g/mol. The lowest BCUT2D eigenvalue weighted by molar-refractivity contribution is 0.183. The number of hydrogen-bond donors (Lipinski definition) is 2. The Kier molecular flexibility index (Phi) is 6.37. The van der Waals surface area contributed by atoms with E-state index in [-0.39, 0.29) is 12.1 Å². The molecule has 1 atom stereocenters. The van der Waals surface area contributed by atoms with Crippen LogP contribution < -0.4 is 5.32 Å². The molecular weight excluding hydrogens is 254 g/mol. The molecule has 0 saturated carbocycles. The highest BCUT2D eigenvalue weighted by molar-refractivity contribution is 7.99. The minimum absolute atomic E-state index is 0.155. The molecule has 0 radical (unpaired) electrons. The summed E-state index contributed by atoms with van der Waals surface area (Å²) in [7, 11) is 0. The minimum Gasteiger partial charge on any atom is -0.394 e. The summed E-state index contributed by atoms with van der Waals surface area (Å²) in [5.41, 5.74) is 1.14. The Hall–Kier alpha value is -0.510. The molecule has 0 fully saturated rings. The summed E-state index contributed by atoms with van der Waals surface area (Å²) in [5, 5.41) is 13.0. The predicted molar refractivity (Wildman–Crippen MR) is 85.0 cm³/mol. The molecule has 2 nitrogen and oxygen atoms in total. The summed E-state index contributed by atoms with van der Waals surface area (Å²) < 4.78 is 0. The van der Waals surface area contributed by atoms with Gasteiger partial charge in [-0.2, -0.15) is 0 Å². The Bertz CT molecular complexity index is 375. The molecule has 0 bridgehead atoms. The molecule has 0 aliphatic heterocycles. The van der Waals surface area contributed by atoms with E-state index >= 15 is 0 Å². The van der Waals surface area contributed by atoms with E-state index in [0.29, 0.717) is 12.0 Å². The van der Waals surface area contributed by atoms with Crippen molar-refractivity contribution in [2.75, 3.05) is 12.4 Å². The highest BCUT2D eigenvalue weighted by atomic mass is 32.2. The van der Waals surface area contributed by atoms with Gasteiger partial charge in [-0.15, -0.1) is 11.8 Å². The first-order valence-corrected chi connectivity index (χ1v) is 7.96. The van der Waals surface area contributed by atoms with Crippen LogP contribution in [0.2, 0.25) is 0 Å². The van der Waals surface area contributed by atoms with E-state index in [2.05, 4.69) is 64.2 Å². The van der Waals surface area contributed by atoms with Crippen molar-refractivity contribution in [3.63, 3.8) is 0 Å². The molecule has 1 aromatic rings. The number of rotatable bonds is 7. The van der Waals surface area contributed by atoms with E-state index < -0.39 is 0 Å². The topological polar surface area (TPSA) is 32.3 Å². The minimum atomic E-state index is -0.227. The zero-order valence-electron chi connectivity index (χ0n) is 12.7. The van der Waals surface area contributed by atoms with Crippen molar-refractivity contribution >= 4 is 11.8 Å². The molecule has 0 amide bonds. The van der Waals surface area contributed by atoms with Gasteiger partial charge >= 0.3 is 0 Å². The van der Waals surface area contributed by atoms with Crippen LogP contribution in [-0.4, -0.2) is 29.0 Å². The molecule has 1 unspecified atom stereocenters. The van der Waals surface area contributed by atoms with Crippen LogP contribution >= 0.6 is 11.8 Å². The molecule has 0 saturated heterocycles. The molecule has 3 heteroatoms. The zero-order valence-corrected chi connectivity index (χ0v) is 13.6. The Morgan fingerprint density at radius 2 is 1.74 bits per heavy atom. The van der Waals surface area contributed by atoms with E-state index in [4.69, 9.17) is 0 Å². The maximum absolute atomic E-state index is 9.55. The average molecular weight is 281 g/mol. The highest BCUT2D eigenvalue weighted by Gasteiger charge is 2.23. The smallest absolute Gasteiger partial charge is 0.0618 e. The third-order valence-corrected chi connectivity index (χ3v) is 4.48. The fourth-order valence-electron chi connectivity index (χ4n) is 2.02. The summed E-state index contributed by atoms with van der Waals surface area (Å²) in [6.07, 6.45) is 0. The molecule has 1 aromatic carbocycles. The third-order valence-electron chi connectivity index (χ3n) is 3.09. The second kappa shape index (κ2) is 7.32. The van der Waals surface area contributed by atoms with Crippen LogP contribution in [-0.2, 0) is 0 Å². The summed E-state index contributed by atoms with van der Waals surface area (Å²) in [5.74, 6) is 1.44. The summed E-state index contributed by atoms with van der Waals surface area (Å²) >= 11 is 1.79. The molecular formula is C16H27NOS. The van der Waals surface area contributed by atoms with Gasteiger partial charge in [-0.05, 0) is 30.5 Å². The van der Waals surface area contributed by atoms with Gasteiger partial charge < -0.3 is 10.4 Å². The third kappa shape index (κ3) is 5.55. The van der Waals surface area contributed by atoms with Gasteiger partial charge in [-0.25, -0.2) is 0 Å². The number of nitrogens with one attached hydrogen (secondary N) is 1. The van der Waals surface area contributed by atoms with Crippen LogP contribution in [0.5, 0.6) is 0 Å². The highest BCUT2D eigenvalue weighted by Crippen LogP contribution is 2.25. The normalized spacial score (nSPS) is 14.9. The van der Waals surface area contributed by atoms with Gasteiger partial charge in [0.1, 0.15) is 0 Å². The molecule has 108 valence electrons. The number of thioether (sulfide) groups is 1. The van der Waals surface area contributed by atoms with Crippen LogP contribution in [0.25, 0.3) is 0 Å². The van der Waals surface area contributed by atoms with Gasteiger partial charge in [-0.3, -0.25) is 0 Å². The van der Waals surface area contributed by atoms with Crippen molar-refractivity contribution in [2.24, 2.45) is 0 Å². The largest absolute Gasteiger partial charge is 0.394 e. The molecule has 2 N–H and O–H groups in total. The molecule has 1 rings (SSSR count). The molecule has 0 heterocycles. The number of aliphatic hydroxyl groups is 1. The van der Waals surface area contributed by atoms with E-state index in [1.54, 1.807) is 11.8 Å². The number of benzene rings is 1. The van der Waals surface area contributed by atoms with Crippen LogP contribution in [0, 0.1) is 0 Å². The lowest BCUT2D eigenvalue weighted by Crippen LogP contribution is -2.51. The van der Waals surface area contributed by atoms with Gasteiger partial charge in [0.05, 0.1) is 6.61 Å². The van der Waals surface area contributed by atoms with E-state index in [1.165, 1.54) is 10.5 Å². The van der Waals surface area contributed by atoms with Crippen molar-refractivity contribution in [3.8, 4) is 0 Å².